The summed E-state index contributed by atoms with van der Waals surface area (Å²) in [7, 11) is 0. The third kappa shape index (κ3) is 7.10. The van der Waals surface area contributed by atoms with Gasteiger partial charge in [0.2, 0.25) is 5.95 Å². The molecule has 0 unspecified atom stereocenters. The van der Waals surface area contributed by atoms with Gasteiger partial charge < -0.3 is 30.3 Å². The number of hydrogen-bond donors (Lipinski definition) is 3. The van der Waals surface area contributed by atoms with Crippen molar-refractivity contribution in [2.75, 3.05) is 54.9 Å². The van der Waals surface area contributed by atoms with Gasteiger partial charge in [0.25, 0.3) is 0 Å². The molecule has 3 heterocycles. The molecule has 3 fully saturated rings. The van der Waals surface area contributed by atoms with E-state index in [9.17, 15) is 23.1 Å². The van der Waals surface area contributed by atoms with Gasteiger partial charge in [-0.15, -0.1) is 0 Å². The Balaban J connectivity index is 1.36. The fourth-order valence-corrected chi connectivity index (χ4v) is 5.55. The Kier molecular flexibility index (Phi) is 8.13. The van der Waals surface area contributed by atoms with Crippen molar-refractivity contribution in [2.45, 2.75) is 57.3 Å². The van der Waals surface area contributed by atoms with E-state index < -0.39 is 24.5 Å². The van der Waals surface area contributed by atoms with Gasteiger partial charge in [0.15, 0.2) is 0 Å². The number of aliphatic hydroxyl groups excluding tert-OH is 1. The number of benzene rings is 1. The minimum Gasteiger partial charge on any atom is -0.393 e. The van der Waals surface area contributed by atoms with Crippen molar-refractivity contribution >= 4 is 23.5 Å². The maximum Gasteiger partial charge on any atom is 0.389 e. The molecular formula is C27H35F3N6O3. The molecule has 39 heavy (non-hydrogen) atoms. The Morgan fingerprint density at radius 1 is 1.13 bits per heavy atom. The summed E-state index contributed by atoms with van der Waals surface area (Å²) in [5.41, 5.74) is 3.00. The lowest BCUT2D eigenvalue weighted by atomic mass is 10.0. The van der Waals surface area contributed by atoms with Crippen molar-refractivity contribution in [1.29, 1.82) is 0 Å². The van der Waals surface area contributed by atoms with Gasteiger partial charge in [-0.25, -0.2) is 9.78 Å². The highest BCUT2D eigenvalue weighted by atomic mass is 19.4. The maximum atomic E-state index is 12.9. The Morgan fingerprint density at radius 3 is 2.64 bits per heavy atom. The number of ether oxygens (including phenoxy) is 1. The summed E-state index contributed by atoms with van der Waals surface area (Å²) in [5, 5.41) is 16.2. The molecule has 212 valence electrons. The summed E-state index contributed by atoms with van der Waals surface area (Å²) >= 11 is 0. The molecule has 2 aliphatic heterocycles. The van der Waals surface area contributed by atoms with E-state index in [-0.39, 0.29) is 18.7 Å². The average molecular weight is 549 g/mol. The number of nitrogens with zero attached hydrogens (tertiary/aromatic N) is 4. The topological polar surface area (TPSA) is 103 Å². The van der Waals surface area contributed by atoms with E-state index in [1.165, 1.54) is 4.90 Å². The van der Waals surface area contributed by atoms with Gasteiger partial charge in [0, 0.05) is 56.0 Å². The Morgan fingerprint density at radius 2 is 1.92 bits per heavy atom. The van der Waals surface area contributed by atoms with Gasteiger partial charge in [-0.3, -0.25) is 0 Å². The molecule has 3 N–H and O–H groups in total. The van der Waals surface area contributed by atoms with E-state index in [1.807, 2.05) is 25.1 Å². The zero-order valence-corrected chi connectivity index (χ0v) is 22.0. The normalized spacial score (nSPS) is 23.8. The molecule has 3 atom stereocenters. The van der Waals surface area contributed by atoms with Crippen molar-refractivity contribution in [3.05, 3.63) is 29.8 Å². The predicted octanol–water partition coefficient (Wildman–Crippen LogP) is 4.42. The van der Waals surface area contributed by atoms with E-state index in [4.69, 9.17) is 14.7 Å². The molecule has 12 heteroatoms. The lowest BCUT2D eigenvalue weighted by molar-refractivity contribution is -0.143. The number of aliphatic hydroxyl groups is 1. The third-order valence-corrected chi connectivity index (χ3v) is 7.64. The molecule has 9 nitrogen and oxygen atoms in total. The zero-order chi connectivity index (χ0) is 27.6. The van der Waals surface area contributed by atoms with Crippen LogP contribution in [0.1, 0.15) is 37.7 Å². The first-order chi connectivity index (χ1) is 18.6. The van der Waals surface area contributed by atoms with Crippen molar-refractivity contribution in [3.63, 3.8) is 0 Å². The number of nitrogens with one attached hydrogen (secondary N) is 2. The van der Waals surface area contributed by atoms with Gasteiger partial charge in [-0.05, 0) is 56.2 Å². The molecule has 1 saturated carbocycles. The number of alkyl halides is 3. The van der Waals surface area contributed by atoms with Gasteiger partial charge >= 0.3 is 12.2 Å². The smallest absolute Gasteiger partial charge is 0.389 e. The Hall–Kier alpha value is -3.12. The first-order valence-corrected chi connectivity index (χ1v) is 13.5. The number of rotatable bonds is 6. The third-order valence-electron chi connectivity index (χ3n) is 7.64. The minimum absolute atomic E-state index is 0.0844. The van der Waals surface area contributed by atoms with E-state index in [0.29, 0.717) is 63.0 Å². The number of likely N-dealkylation sites (tertiary alicyclic amines) is 1. The average Bonchev–Trinajstić information content (AvgIpc) is 3.53. The second kappa shape index (κ2) is 11.5. The van der Waals surface area contributed by atoms with Crippen LogP contribution in [0.2, 0.25) is 0 Å². The largest absolute Gasteiger partial charge is 0.393 e. The number of carbonyl (C=O) groups excluding carboxylic acids is 1. The molecule has 0 bridgehead atoms. The van der Waals surface area contributed by atoms with Gasteiger partial charge in [-0.1, -0.05) is 6.07 Å². The lowest BCUT2D eigenvalue weighted by Gasteiger charge is -2.28. The molecule has 1 aromatic heterocycles. The zero-order valence-electron chi connectivity index (χ0n) is 22.0. The Bertz CT molecular complexity index is 1170. The summed E-state index contributed by atoms with van der Waals surface area (Å²) in [4.78, 5) is 26.0. The molecule has 1 aliphatic carbocycles. The molecular weight excluding hydrogens is 513 g/mol. The van der Waals surface area contributed by atoms with E-state index in [2.05, 4.69) is 15.5 Å². The Labute approximate surface area is 225 Å². The van der Waals surface area contributed by atoms with Crippen LogP contribution in [-0.4, -0.2) is 83.7 Å². The van der Waals surface area contributed by atoms with Crippen LogP contribution in [0.4, 0.5) is 35.4 Å². The number of amides is 2. The standard InChI is InChI=1S/C27H35F3N6O3/c1-17-2-3-20(32-26(38)36-7-6-18(16-36)15-27(28,29)30)13-22(17)23-14-24(35-8-10-39-11-9-35)34-25(33-23)31-19-4-5-21(37)12-19/h2-3,13-14,18-19,21,37H,4-12,15-16H2,1H3,(H,32,38)(H,31,33,34)/t18-,19-,21-/m0/s1. The van der Waals surface area contributed by atoms with E-state index in [0.717, 1.165) is 29.8 Å². The van der Waals surface area contributed by atoms with Crippen LogP contribution >= 0.6 is 0 Å². The number of aryl methyl sites for hydroxylation is 1. The first-order valence-electron chi connectivity index (χ1n) is 13.5. The van der Waals surface area contributed by atoms with Gasteiger partial charge in [0.05, 0.1) is 25.0 Å². The number of hydrogen-bond acceptors (Lipinski definition) is 7. The maximum absolute atomic E-state index is 12.9. The number of halogens is 3. The number of carbonyl (C=O) groups is 1. The number of urea groups is 1. The number of morpholine rings is 1. The highest BCUT2D eigenvalue weighted by Crippen LogP contribution is 2.32. The van der Waals surface area contributed by atoms with Crippen molar-refractivity contribution in [1.82, 2.24) is 14.9 Å². The van der Waals surface area contributed by atoms with Crippen molar-refractivity contribution in [3.8, 4) is 11.3 Å². The molecule has 2 amide bonds. The van der Waals surface area contributed by atoms with Gasteiger partial charge in [0.1, 0.15) is 5.82 Å². The summed E-state index contributed by atoms with van der Waals surface area (Å²) in [6.45, 7) is 4.97. The predicted molar refractivity (Wildman–Crippen MR) is 142 cm³/mol. The van der Waals surface area contributed by atoms with Gasteiger partial charge in [-0.2, -0.15) is 18.2 Å². The first kappa shape index (κ1) is 27.4. The van der Waals surface area contributed by atoms with E-state index >= 15 is 0 Å². The fourth-order valence-electron chi connectivity index (χ4n) is 5.55. The van der Waals surface area contributed by atoms with Crippen LogP contribution in [0.5, 0.6) is 0 Å². The monoisotopic (exact) mass is 548 g/mol. The number of anilines is 3. The summed E-state index contributed by atoms with van der Waals surface area (Å²) in [5.74, 6) is 0.677. The second-order valence-corrected chi connectivity index (χ2v) is 10.7. The molecule has 0 radical (unpaired) electrons. The number of aromatic nitrogens is 2. The van der Waals surface area contributed by atoms with Crippen LogP contribution in [0.3, 0.4) is 0 Å². The fraction of sp³-hybridized carbons (Fsp3) is 0.593. The van der Waals surface area contributed by atoms with E-state index in [1.54, 1.807) is 6.07 Å². The van der Waals surface area contributed by atoms with Crippen LogP contribution in [0, 0.1) is 12.8 Å². The second-order valence-electron chi connectivity index (χ2n) is 10.7. The lowest BCUT2D eigenvalue weighted by Crippen LogP contribution is -2.37. The summed E-state index contributed by atoms with van der Waals surface area (Å²) in [6.07, 6.45) is -2.88. The summed E-state index contributed by atoms with van der Waals surface area (Å²) < 4.78 is 43.8. The SMILES string of the molecule is Cc1ccc(NC(=O)N2CC[C@@H](CC(F)(F)F)C2)cc1-c1cc(N2CCOCC2)nc(N[C@H]2CC[C@H](O)C2)n1. The highest BCUT2D eigenvalue weighted by Gasteiger charge is 2.36. The molecule has 0 spiro atoms. The molecule has 3 aliphatic rings. The molecule has 1 aromatic carbocycles. The molecule has 2 aromatic rings. The van der Waals surface area contributed by atoms with Crippen LogP contribution in [-0.2, 0) is 4.74 Å². The summed E-state index contributed by atoms with van der Waals surface area (Å²) in [6, 6.07) is 7.11. The van der Waals surface area contributed by atoms with Crippen LogP contribution in [0.25, 0.3) is 11.3 Å². The van der Waals surface area contributed by atoms with Crippen molar-refractivity contribution in [2.24, 2.45) is 5.92 Å². The van der Waals surface area contributed by atoms with Crippen molar-refractivity contribution < 1.29 is 27.8 Å². The molecule has 5 rings (SSSR count). The quantitative estimate of drug-likeness (QED) is 0.491. The molecule has 2 saturated heterocycles. The van der Waals surface area contributed by atoms with Crippen LogP contribution < -0.4 is 15.5 Å². The van der Waals surface area contributed by atoms with Crippen LogP contribution in [0.15, 0.2) is 24.3 Å². The highest BCUT2D eigenvalue weighted by molar-refractivity contribution is 5.90. The minimum atomic E-state index is -4.23.